The Morgan fingerprint density at radius 2 is 1.89 bits per heavy atom. The van der Waals surface area contributed by atoms with Gasteiger partial charge in [-0.15, -0.1) is 0 Å². The maximum atomic E-state index is 4.73. The fourth-order valence-electron chi connectivity index (χ4n) is 2.24. The van der Waals surface area contributed by atoms with Crippen molar-refractivity contribution in [3.05, 3.63) is 11.4 Å². The summed E-state index contributed by atoms with van der Waals surface area (Å²) in [6.07, 6.45) is 3.75. The van der Waals surface area contributed by atoms with E-state index in [1.807, 2.05) is 0 Å². The van der Waals surface area contributed by atoms with E-state index in [9.17, 15) is 0 Å². The fraction of sp³-hybridized carbons (Fsp3) is 0.714. The van der Waals surface area contributed by atoms with E-state index in [-0.39, 0.29) is 0 Å². The minimum absolute atomic E-state index is 0.597. The highest BCUT2D eigenvalue weighted by Gasteiger charge is 2.34. The van der Waals surface area contributed by atoms with Crippen LogP contribution in [-0.2, 0) is 0 Å². The van der Waals surface area contributed by atoms with E-state index in [1.54, 1.807) is 0 Å². The summed E-state index contributed by atoms with van der Waals surface area (Å²) in [5.74, 6) is 4.45. The summed E-state index contributed by atoms with van der Waals surface area (Å²) in [4.78, 5) is 9.40. The molecule has 2 atom stereocenters. The van der Waals surface area contributed by atoms with Crippen molar-refractivity contribution < 1.29 is 0 Å². The highest BCUT2D eigenvalue weighted by molar-refractivity contribution is 5.58. The molecular weight excluding hydrogens is 224 g/mol. The average Bonchev–Trinajstić information content (AvgIpc) is 3.22. The van der Waals surface area contributed by atoms with Crippen LogP contribution in [0, 0.1) is 12.8 Å². The first-order valence-electron chi connectivity index (χ1n) is 7.08. The van der Waals surface area contributed by atoms with Gasteiger partial charge in [0, 0.05) is 24.1 Å². The van der Waals surface area contributed by atoms with E-state index in [4.69, 9.17) is 4.98 Å². The molecule has 4 nitrogen and oxygen atoms in total. The van der Waals surface area contributed by atoms with Crippen LogP contribution in [-0.4, -0.2) is 22.6 Å². The SMILES string of the molecule is CCNc1nc(C2CC2)nc(NC2CC2C)c1C. The lowest BCUT2D eigenvalue weighted by Crippen LogP contribution is -2.12. The molecule has 98 valence electrons. The van der Waals surface area contributed by atoms with E-state index in [2.05, 4.69) is 36.4 Å². The van der Waals surface area contributed by atoms with Crippen molar-refractivity contribution in [3.8, 4) is 0 Å². The Labute approximate surface area is 109 Å². The molecule has 2 aliphatic rings. The monoisotopic (exact) mass is 246 g/mol. The average molecular weight is 246 g/mol. The van der Waals surface area contributed by atoms with Crippen molar-refractivity contribution in [2.24, 2.45) is 5.92 Å². The van der Waals surface area contributed by atoms with Gasteiger partial charge in [0.25, 0.3) is 0 Å². The van der Waals surface area contributed by atoms with E-state index in [0.717, 1.165) is 35.5 Å². The first kappa shape index (κ1) is 11.8. The third-order valence-corrected chi connectivity index (χ3v) is 3.88. The van der Waals surface area contributed by atoms with Crippen molar-refractivity contribution in [2.45, 2.75) is 52.0 Å². The van der Waals surface area contributed by atoms with Gasteiger partial charge < -0.3 is 10.6 Å². The van der Waals surface area contributed by atoms with Gasteiger partial charge in [-0.25, -0.2) is 9.97 Å². The molecule has 0 radical (unpaired) electrons. The summed E-state index contributed by atoms with van der Waals surface area (Å²) in [5.41, 5.74) is 1.15. The summed E-state index contributed by atoms with van der Waals surface area (Å²) in [6, 6.07) is 0.611. The van der Waals surface area contributed by atoms with Gasteiger partial charge in [-0.2, -0.15) is 0 Å². The molecule has 2 unspecified atom stereocenters. The van der Waals surface area contributed by atoms with Gasteiger partial charge in [0.1, 0.15) is 17.5 Å². The van der Waals surface area contributed by atoms with Crippen LogP contribution < -0.4 is 10.6 Å². The summed E-state index contributed by atoms with van der Waals surface area (Å²) in [5, 5.41) is 6.92. The quantitative estimate of drug-likeness (QED) is 0.838. The Kier molecular flexibility index (Phi) is 2.88. The molecule has 1 aromatic heterocycles. The minimum atomic E-state index is 0.597. The summed E-state index contributed by atoms with van der Waals surface area (Å²) >= 11 is 0. The second-order valence-corrected chi connectivity index (χ2v) is 5.67. The van der Waals surface area contributed by atoms with Crippen molar-refractivity contribution in [1.29, 1.82) is 0 Å². The van der Waals surface area contributed by atoms with Gasteiger partial charge in [0.15, 0.2) is 0 Å². The molecule has 2 N–H and O–H groups in total. The number of nitrogens with one attached hydrogen (secondary N) is 2. The van der Waals surface area contributed by atoms with Gasteiger partial charge in [0.05, 0.1) is 0 Å². The number of anilines is 2. The lowest BCUT2D eigenvalue weighted by Gasteiger charge is -2.14. The van der Waals surface area contributed by atoms with Crippen LogP contribution in [0.25, 0.3) is 0 Å². The molecule has 2 fully saturated rings. The number of nitrogens with zero attached hydrogens (tertiary/aromatic N) is 2. The van der Waals surface area contributed by atoms with Crippen LogP contribution in [0.1, 0.15) is 50.4 Å². The lowest BCUT2D eigenvalue weighted by molar-refractivity contribution is 0.887. The first-order chi connectivity index (χ1) is 8.69. The number of aromatic nitrogens is 2. The molecule has 2 aliphatic carbocycles. The van der Waals surface area contributed by atoms with Crippen LogP contribution in [0.5, 0.6) is 0 Å². The van der Waals surface area contributed by atoms with Gasteiger partial charge in [0.2, 0.25) is 0 Å². The zero-order valence-electron chi connectivity index (χ0n) is 11.5. The van der Waals surface area contributed by atoms with E-state index < -0.39 is 0 Å². The summed E-state index contributed by atoms with van der Waals surface area (Å²) in [6.45, 7) is 7.39. The number of hydrogen-bond donors (Lipinski definition) is 2. The summed E-state index contributed by atoms with van der Waals surface area (Å²) in [7, 11) is 0. The van der Waals surface area contributed by atoms with Gasteiger partial charge >= 0.3 is 0 Å². The topological polar surface area (TPSA) is 49.8 Å². The lowest BCUT2D eigenvalue weighted by atomic mass is 10.2. The Balaban J connectivity index is 1.88. The Hall–Kier alpha value is -1.32. The van der Waals surface area contributed by atoms with Crippen molar-refractivity contribution >= 4 is 11.6 Å². The largest absolute Gasteiger partial charge is 0.370 e. The zero-order valence-corrected chi connectivity index (χ0v) is 11.5. The van der Waals surface area contributed by atoms with Gasteiger partial charge in [-0.05, 0) is 39.0 Å². The molecule has 0 aromatic carbocycles. The first-order valence-corrected chi connectivity index (χ1v) is 7.08. The fourth-order valence-corrected chi connectivity index (χ4v) is 2.24. The molecule has 0 bridgehead atoms. The molecule has 4 heteroatoms. The maximum Gasteiger partial charge on any atom is 0.136 e. The smallest absolute Gasteiger partial charge is 0.136 e. The van der Waals surface area contributed by atoms with E-state index in [1.165, 1.54) is 19.3 Å². The molecule has 3 rings (SSSR count). The van der Waals surface area contributed by atoms with Crippen LogP contribution in [0.15, 0.2) is 0 Å². The van der Waals surface area contributed by atoms with Gasteiger partial charge in [-0.1, -0.05) is 6.92 Å². The third-order valence-electron chi connectivity index (χ3n) is 3.88. The molecule has 0 amide bonds. The molecule has 0 spiro atoms. The number of rotatable bonds is 5. The second kappa shape index (κ2) is 4.41. The van der Waals surface area contributed by atoms with Crippen LogP contribution in [0.4, 0.5) is 11.6 Å². The predicted molar refractivity (Wildman–Crippen MR) is 74.1 cm³/mol. The Morgan fingerprint density at radius 1 is 1.22 bits per heavy atom. The Bertz CT molecular complexity index is 453. The molecular formula is C14H22N4. The van der Waals surface area contributed by atoms with Crippen LogP contribution >= 0.6 is 0 Å². The maximum absolute atomic E-state index is 4.73. The van der Waals surface area contributed by atoms with Crippen LogP contribution in [0.2, 0.25) is 0 Å². The standard InChI is InChI=1S/C14H22N4/c1-4-15-12-9(3)13(16-11-7-8(11)2)18-14(17-12)10-5-6-10/h8,10-11H,4-7H2,1-3H3,(H2,15,16,17,18). The minimum Gasteiger partial charge on any atom is -0.370 e. The highest BCUT2D eigenvalue weighted by atomic mass is 15.1. The van der Waals surface area contributed by atoms with Crippen molar-refractivity contribution in [1.82, 2.24) is 9.97 Å². The van der Waals surface area contributed by atoms with Crippen LogP contribution in [0.3, 0.4) is 0 Å². The van der Waals surface area contributed by atoms with E-state index >= 15 is 0 Å². The Morgan fingerprint density at radius 3 is 2.44 bits per heavy atom. The van der Waals surface area contributed by atoms with Crippen molar-refractivity contribution in [2.75, 3.05) is 17.2 Å². The zero-order chi connectivity index (χ0) is 12.7. The molecule has 1 aromatic rings. The molecule has 2 saturated carbocycles. The molecule has 0 saturated heterocycles. The third kappa shape index (κ3) is 2.28. The second-order valence-electron chi connectivity index (χ2n) is 5.67. The highest BCUT2D eigenvalue weighted by Crippen LogP contribution is 2.40. The summed E-state index contributed by atoms with van der Waals surface area (Å²) < 4.78 is 0. The normalized spacial score (nSPS) is 25.9. The number of hydrogen-bond acceptors (Lipinski definition) is 4. The van der Waals surface area contributed by atoms with E-state index in [0.29, 0.717) is 12.0 Å². The predicted octanol–water partition coefficient (Wildman–Crippen LogP) is 2.91. The molecule has 0 aliphatic heterocycles. The van der Waals surface area contributed by atoms with Crippen molar-refractivity contribution in [3.63, 3.8) is 0 Å². The molecule has 18 heavy (non-hydrogen) atoms. The van der Waals surface area contributed by atoms with Gasteiger partial charge in [-0.3, -0.25) is 0 Å². The molecule has 1 heterocycles.